The summed E-state index contributed by atoms with van der Waals surface area (Å²) >= 11 is 0. The molecule has 4 rings (SSSR count). The van der Waals surface area contributed by atoms with Crippen LogP contribution in [0.3, 0.4) is 0 Å². The third-order valence-electron chi connectivity index (χ3n) is 5.24. The van der Waals surface area contributed by atoms with Gasteiger partial charge < -0.3 is 9.84 Å². The van der Waals surface area contributed by atoms with Crippen molar-refractivity contribution in [3.8, 4) is 5.75 Å². The molecule has 0 bridgehead atoms. The highest BCUT2D eigenvalue weighted by Gasteiger charge is 2.46. The molecule has 1 heterocycles. The summed E-state index contributed by atoms with van der Waals surface area (Å²) in [5.74, 6) is -0.907. The van der Waals surface area contributed by atoms with Crippen molar-refractivity contribution in [3.05, 3.63) is 101 Å². The van der Waals surface area contributed by atoms with E-state index in [4.69, 9.17) is 4.74 Å². The van der Waals surface area contributed by atoms with E-state index in [-0.39, 0.29) is 11.3 Å². The highest BCUT2D eigenvalue weighted by Crippen LogP contribution is 2.42. The summed E-state index contributed by atoms with van der Waals surface area (Å²) in [7, 11) is 1.57. The molecule has 0 aromatic heterocycles. The molecular weight excluding hydrogens is 378 g/mol. The molecule has 0 saturated carbocycles. The molecule has 1 N–H and O–H groups in total. The average molecular weight is 399 g/mol. The van der Waals surface area contributed by atoms with Crippen molar-refractivity contribution in [2.45, 2.75) is 13.0 Å². The first-order chi connectivity index (χ1) is 14.5. The predicted molar refractivity (Wildman–Crippen MR) is 115 cm³/mol. The highest BCUT2D eigenvalue weighted by atomic mass is 16.5. The fourth-order valence-electron chi connectivity index (χ4n) is 3.66. The monoisotopic (exact) mass is 399 g/mol. The summed E-state index contributed by atoms with van der Waals surface area (Å²) in [4.78, 5) is 27.5. The van der Waals surface area contributed by atoms with E-state index in [1.165, 1.54) is 4.90 Å². The van der Waals surface area contributed by atoms with Gasteiger partial charge in [-0.25, -0.2) is 0 Å². The largest absolute Gasteiger partial charge is 0.507 e. The molecule has 1 fully saturated rings. The number of amides is 1. The van der Waals surface area contributed by atoms with Crippen LogP contribution in [0.25, 0.3) is 5.76 Å². The summed E-state index contributed by atoms with van der Waals surface area (Å²) in [6.07, 6.45) is 0. The molecular formula is C25H21NO4. The number of ether oxygens (including phenoxy) is 1. The number of ketones is 1. The zero-order valence-electron chi connectivity index (χ0n) is 16.7. The smallest absolute Gasteiger partial charge is 0.300 e. The minimum atomic E-state index is -0.750. The summed E-state index contributed by atoms with van der Waals surface area (Å²) in [5.41, 5.74) is 2.88. The van der Waals surface area contributed by atoms with Crippen molar-refractivity contribution in [1.82, 2.24) is 0 Å². The second kappa shape index (κ2) is 7.87. The number of aryl methyl sites for hydroxylation is 1. The van der Waals surface area contributed by atoms with Crippen molar-refractivity contribution < 1.29 is 19.4 Å². The number of Topliss-reactive ketones (excluding diaryl/α,β-unsaturated/α-hetero) is 1. The quantitative estimate of drug-likeness (QED) is 0.395. The number of aliphatic hydroxyl groups excluding tert-OH is 1. The third kappa shape index (κ3) is 3.35. The molecule has 1 aliphatic rings. The summed E-state index contributed by atoms with van der Waals surface area (Å²) in [6.45, 7) is 1.94. The predicted octanol–water partition coefficient (Wildman–Crippen LogP) is 4.63. The zero-order chi connectivity index (χ0) is 21.3. The van der Waals surface area contributed by atoms with Gasteiger partial charge >= 0.3 is 0 Å². The number of methoxy groups -OCH3 is 1. The maximum Gasteiger partial charge on any atom is 0.300 e. The van der Waals surface area contributed by atoms with Gasteiger partial charge in [0.05, 0.1) is 18.7 Å². The first-order valence-electron chi connectivity index (χ1n) is 9.58. The lowest BCUT2D eigenvalue weighted by Crippen LogP contribution is -2.29. The van der Waals surface area contributed by atoms with Crippen molar-refractivity contribution in [2.24, 2.45) is 0 Å². The number of anilines is 1. The molecule has 150 valence electrons. The van der Waals surface area contributed by atoms with Gasteiger partial charge in [-0.1, -0.05) is 60.2 Å². The van der Waals surface area contributed by atoms with Gasteiger partial charge in [0.25, 0.3) is 11.7 Å². The number of rotatable bonds is 4. The van der Waals surface area contributed by atoms with Gasteiger partial charge in [0, 0.05) is 11.3 Å². The van der Waals surface area contributed by atoms with Crippen LogP contribution in [0.2, 0.25) is 0 Å². The number of carbonyl (C=O) groups excluding carboxylic acids is 2. The van der Waals surface area contributed by atoms with E-state index in [2.05, 4.69) is 0 Å². The van der Waals surface area contributed by atoms with Crippen LogP contribution in [0.1, 0.15) is 22.7 Å². The van der Waals surface area contributed by atoms with E-state index >= 15 is 0 Å². The normalized spacial score (nSPS) is 17.9. The van der Waals surface area contributed by atoms with Crippen LogP contribution >= 0.6 is 0 Å². The second-order valence-corrected chi connectivity index (χ2v) is 7.14. The van der Waals surface area contributed by atoms with Crippen LogP contribution in [0.5, 0.6) is 5.75 Å². The van der Waals surface area contributed by atoms with Crippen molar-refractivity contribution in [1.29, 1.82) is 0 Å². The van der Waals surface area contributed by atoms with Gasteiger partial charge in [-0.3, -0.25) is 14.5 Å². The van der Waals surface area contributed by atoms with Crippen LogP contribution in [0, 0.1) is 6.92 Å². The molecule has 1 amide bonds. The molecule has 1 unspecified atom stereocenters. The Morgan fingerprint density at radius 3 is 2.13 bits per heavy atom. The molecule has 5 heteroatoms. The SMILES string of the molecule is COc1ccc(C2/C(=C(\O)c3ccc(C)cc3)C(=O)C(=O)N2c2ccccc2)cc1. The maximum atomic E-state index is 13.0. The fraction of sp³-hybridized carbons (Fsp3) is 0.120. The topological polar surface area (TPSA) is 66.8 Å². The van der Waals surface area contributed by atoms with E-state index in [0.717, 1.165) is 5.56 Å². The van der Waals surface area contributed by atoms with Crippen LogP contribution < -0.4 is 9.64 Å². The van der Waals surface area contributed by atoms with Gasteiger partial charge in [-0.15, -0.1) is 0 Å². The summed E-state index contributed by atoms with van der Waals surface area (Å²) in [6, 6.07) is 22.6. The van der Waals surface area contributed by atoms with Crippen LogP contribution in [-0.2, 0) is 9.59 Å². The average Bonchev–Trinajstić information content (AvgIpc) is 3.05. The minimum absolute atomic E-state index is 0.0675. The highest BCUT2D eigenvalue weighted by molar-refractivity contribution is 6.51. The number of para-hydroxylation sites is 1. The Hall–Kier alpha value is -3.86. The number of hydrogen-bond donors (Lipinski definition) is 1. The molecule has 3 aromatic rings. The fourth-order valence-corrected chi connectivity index (χ4v) is 3.66. The molecule has 0 spiro atoms. The standard InChI is InChI=1S/C25H21NO4/c1-16-8-10-18(11-9-16)23(27)21-22(17-12-14-20(30-2)15-13-17)26(25(29)24(21)28)19-6-4-3-5-7-19/h3-15,22,27H,1-2H3/b23-21+. The molecule has 1 aliphatic heterocycles. The Kier molecular flexibility index (Phi) is 5.11. The van der Waals surface area contributed by atoms with Crippen molar-refractivity contribution in [3.63, 3.8) is 0 Å². The number of carbonyl (C=O) groups is 2. The third-order valence-corrected chi connectivity index (χ3v) is 5.24. The van der Waals surface area contributed by atoms with Crippen molar-refractivity contribution in [2.75, 3.05) is 12.0 Å². The van der Waals surface area contributed by atoms with E-state index < -0.39 is 17.7 Å². The van der Waals surface area contributed by atoms with Gasteiger partial charge in [-0.05, 0) is 36.8 Å². The van der Waals surface area contributed by atoms with E-state index in [0.29, 0.717) is 22.6 Å². The number of benzene rings is 3. The molecule has 1 atom stereocenters. The Balaban J connectivity index is 1.92. The maximum absolute atomic E-state index is 13.0. The molecule has 0 radical (unpaired) electrons. The van der Waals surface area contributed by atoms with Crippen LogP contribution in [0.15, 0.2) is 84.4 Å². The Bertz CT molecular complexity index is 1120. The summed E-state index contributed by atoms with van der Waals surface area (Å²) in [5, 5.41) is 11.1. The van der Waals surface area contributed by atoms with Crippen LogP contribution in [0.4, 0.5) is 5.69 Å². The molecule has 0 aliphatic carbocycles. The van der Waals surface area contributed by atoms with Gasteiger partial charge in [0.1, 0.15) is 11.5 Å². The number of nitrogens with zero attached hydrogens (tertiary/aromatic N) is 1. The van der Waals surface area contributed by atoms with Crippen LogP contribution in [-0.4, -0.2) is 23.9 Å². The molecule has 5 nitrogen and oxygen atoms in total. The van der Waals surface area contributed by atoms with Gasteiger partial charge in [-0.2, -0.15) is 0 Å². The summed E-state index contributed by atoms with van der Waals surface area (Å²) < 4.78 is 5.23. The van der Waals surface area contributed by atoms with E-state index in [9.17, 15) is 14.7 Å². The van der Waals surface area contributed by atoms with Gasteiger partial charge in [0.2, 0.25) is 0 Å². The first-order valence-corrected chi connectivity index (χ1v) is 9.58. The lowest BCUT2D eigenvalue weighted by Gasteiger charge is -2.25. The lowest BCUT2D eigenvalue weighted by atomic mass is 9.95. The lowest BCUT2D eigenvalue weighted by molar-refractivity contribution is -0.132. The van der Waals surface area contributed by atoms with E-state index in [1.807, 2.05) is 25.1 Å². The molecule has 1 saturated heterocycles. The number of aliphatic hydroxyl groups is 1. The minimum Gasteiger partial charge on any atom is -0.507 e. The Labute approximate surface area is 174 Å². The second-order valence-electron chi connectivity index (χ2n) is 7.14. The Morgan fingerprint density at radius 1 is 0.900 bits per heavy atom. The van der Waals surface area contributed by atoms with E-state index in [1.54, 1.807) is 67.8 Å². The zero-order valence-corrected chi connectivity index (χ0v) is 16.7. The Morgan fingerprint density at radius 2 is 1.53 bits per heavy atom. The van der Waals surface area contributed by atoms with Crippen molar-refractivity contribution >= 4 is 23.1 Å². The molecule has 30 heavy (non-hydrogen) atoms. The molecule has 3 aromatic carbocycles. The number of hydrogen-bond acceptors (Lipinski definition) is 4. The first kappa shape index (κ1) is 19.5. The van der Waals surface area contributed by atoms with Gasteiger partial charge in [0.15, 0.2) is 0 Å².